The van der Waals surface area contributed by atoms with E-state index in [1.165, 1.54) is 6.92 Å². The SMILES string of the molecule is CC(=O)Nc1ccc(NC(=O)CN2C(=O)NC3(CCOc4ccccc43)C2=O)cc1. The number of carbonyl (C=O) groups excluding carboxylic acids is 4. The summed E-state index contributed by atoms with van der Waals surface area (Å²) in [6.45, 7) is 1.27. The highest BCUT2D eigenvalue weighted by molar-refractivity contribution is 6.10. The van der Waals surface area contributed by atoms with Crippen LogP contribution in [0.4, 0.5) is 16.2 Å². The predicted octanol–water partition coefficient (Wildman–Crippen LogP) is 1.81. The number of para-hydroxylation sites is 1. The summed E-state index contributed by atoms with van der Waals surface area (Å²) in [5.74, 6) is -0.639. The van der Waals surface area contributed by atoms with Crippen LogP contribution in [0.1, 0.15) is 18.9 Å². The van der Waals surface area contributed by atoms with E-state index in [2.05, 4.69) is 16.0 Å². The van der Waals surface area contributed by atoms with Gasteiger partial charge in [0.05, 0.1) is 6.61 Å². The van der Waals surface area contributed by atoms with Gasteiger partial charge in [0.1, 0.15) is 12.3 Å². The van der Waals surface area contributed by atoms with Crippen LogP contribution in [-0.2, 0) is 19.9 Å². The van der Waals surface area contributed by atoms with Crippen LogP contribution in [0.2, 0.25) is 0 Å². The number of hydrogen-bond acceptors (Lipinski definition) is 5. The Labute approximate surface area is 172 Å². The molecule has 0 aliphatic carbocycles. The van der Waals surface area contributed by atoms with Crippen LogP contribution >= 0.6 is 0 Å². The van der Waals surface area contributed by atoms with Gasteiger partial charge in [-0.2, -0.15) is 0 Å². The Bertz CT molecular complexity index is 1040. The third-order valence-corrected chi connectivity index (χ3v) is 5.05. The molecule has 154 valence electrons. The predicted molar refractivity (Wildman–Crippen MR) is 108 cm³/mol. The van der Waals surface area contributed by atoms with Crippen LogP contribution in [0, 0.1) is 0 Å². The molecule has 2 aromatic carbocycles. The fourth-order valence-electron chi connectivity index (χ4n) is 3.70. The molecule has 1 spiro atoms. The number of urea groups is 1. The summed E-state index contributed by atoms with van der Waals surface area (Å²) in [6, 6.07) is 12.9. The molecule has 2 heterocycles. The second-order valence-electron chi connectivity index (χ2n) is 7.13. The van der Waals surface area contributed by atoms with Crippen LogP contribution in [-0.4, -0.2) is 41.8 Å². The number of imide groups is 1. The molecule has 9 nitrogen and oxygen atoms in total. The van der Waals surface area contributed by atoms with Crippen molar-refractivity contribution in [3.63, 3.8) is 0 Å². The van der Waals surface area contributed by atoms with E-state index in [-0.39, 0.29) is 18.9 Å². The Kier molecular flexibility index (Phi) is 4.86. The number of rotatable bonds is 4. The zero-order valence-electron chi connectivity index (χ0n) is 16.2. The zero-order chi connectivity index (χ0) is 21.3. The molecule has 1 fully saturated rings. The van der Waals surface area contributed by atoms with Crippen molar-refractivity contribution in [2.45, 2.75) is 18.9 Å². The second kappa shape index (κ2) is 7.51. The van der Waals surface area contributed by atoms with Crippen molar-refractivity contribution in [1.29, 1.82) is 0 Å². The Morgan fingerprint density at radius 3 is 2.43 bits per heavy atom. The molecule has 1 atom stereocenters. The lowest BCUT2D eigenvalue weighted by atomic mass is 9.84. The van der Waals surface area contributed by atoms with E-state index < -0.39 is 29.9 Å². The van der Waals surface area contributed by atoms with E-state index >= 15 is 0 Å². The van der Waals surface area contributed by atoms with Gasteiger partial charge in [0.2, 0.25) is 11.8 Å². The smallest absolute Gasteiger partial charge is 0.325 e. The normalized spacial score (nSPS) is 19.7. The van der Waals surface area contributed by atoms with E-state index in [0.29, 0.717) is 22.7 Å². The Balaban J connectivity index is 1.47. The minimum absolute atomic E-state index is 0.200. The summed E-state index contributed by atoms with van der Waals surface area (Å²) in [7, 11) is 0. The maximum atomic E-state index is 13.2. The van der Waals surface area contributed by atoms with Gasteiger partial charge in [0, 0.05) is 30.3 Å². The summed E-state index contributed by atoms with van der Waals surface area (Å²) in [4.78, 5) is 50.1. The molecule has 0 saturated carbocycles. The van der Waals surface area contributed by atoms with E-state index in [9.17, 15) is 19.2 Å². The van der Waals surface area contributed by atoms with E-state index in [0.717, 1.165) is 4.90 Å². The van der Waals surface area contributed by atoms with Crippen molar-refractivity contribution in [1.82, 2.24) is 10.2 Å². The molecule has 1 unspecified atom stereocenters. The number of nitrogens with zero attached hydrogens (tertiary/aromatic N) is 1. The van der Waals surface area contributed by atoms with Gasteiger partial charge < -0.3 is 20.7 Å². The monoisotopic (exact) mass is 408 g/mol. The van der Waals surface area contributed by atoms with Gasteiger partial charge in [-0.1, -0.05) is 18.2 Å². The lowest BCUT2D eigenvalue weighted by Gasteiger charge is -2.33. The number of benzene rings is 2. The highest BCUT2D eigenvalue weighted by atomic mass is 16.5. The number of anilines is 2. The number of nitrogens with one attached hydrogen (secondary N) is 3. The largest absolute Gasteiger partial charge is 0.493 e. The highest BCUT2D eigenvalue weighted by Gasteiger charge is 2.55. The average Bonchev–Trinajstić information content (AvgIpc) is 2.94. The molecule has 0 radical (unpaired) electrons. The van der Waals surface area contributed by atoms with Gasteiger partial charge in [0.25, 0.3) is 5.91 Å². The Morgan fingerprint density at radius 1 is 1.07 bits per heavy atom. The quantitative estimate of drug-likeness (QED) is 0.667. The minimum atomic E-state index is -1.22. The summed E-state index contributed by atoms with van der Waals surface area (Å²) in [5.41, 5.74) is 0.444. The van der Waals surface area contributed by atoms with Crippen molar-refractivity contribution in [2.24, 2.45) is 0 Å². The van der Waals surface area contributed by atoms with Gasteiger partial charge in [-0.05, 0) is 30.3 Å². The molecule has 2 aliphatic heterocycles. The highest BCUT2D eigenvalue weighted by Crippen LogP contribution is 2.40. The molecule has 9 heteroatoms. The van der Waals surface area contributed by atoms with E-state index in [4.69, 9.17) is 4.74 Å². The fraction of sp³-hybridized carbons (Fsp3) is 0.238. The molecule has 1 saturated heterocycles. The van der Waals surface area contributed by atoms with Crippen molar-refractivity contribution in [3.8, 4) is 5.75 Å². The summed E-state index contributed by atoms with van der Waals surface area (Å²) in [6.07, 6.45) is 0.289. The van der Waals surface area contributed by atoms with Gasteiger partial charge in [-0.3, -0.25) is 19.3 Å². The first-order valence-corrected chi connectivity index (χ1v) is 9.43. The third kappa shape index (κ3) is 3.45. The van der Waals surface area contributed by atoms with Crippen molar-refractivity contribution >= 4 is 35.1 Å². The fourth-order valence-corrected chi connectivity index (χ4v) is 3.70. The number of amides is 5. The third-order valence-electron chi connectivity index (χ3n) is 5.05. The number of carbonyl (C=O) groups is 4. The van der Waals surface area contributed by atoms with Gasteiger partial charge >= 0.3 is 6.03 Å². The second-order valence-corrected chi connectivity index (χ2v) is 7.13. The first-order chi connectivity index (χ1) is 14.4. The lowest BCUT2D eigenvalue weighted by molar-refractivity contribution is -0.135. The molecular weight excluding hydrogens is 388 g/mol. The van der Waals surface area contributed by atoms with Crippen LogP contribution in [0.25, 0.3) is 0 Å². The van der Waals surface area contributed by atoms with E-state index in [1.807, 2.05) is 0 Å². The molecular formula is C21H20N4O5. The molecule has 0 bridgehead atoms. The topological polar surface area (TPSA) is 117 Å². The van der Waals surface area contributed by atoms with Crippen LogP contribution in [0.5, 0.6) is 5.75 Å². The molecule has 30 heavy (non-hydrogen) atoms. The molecule has 2 aliphatic rings. The average molecular weight is 408 g/mol. The van der Waals surface area contributed by atoms with Crippen LogP contribution in [0.3, 0.4) is 0 Å². The van der Waals surface area contributed by atoms with Crippen LogP contribution in [0.15, 0.2) is 48.5 Å². The van der Waals surface area contributed by atoms with Crippen molar-refractivity contribution in [3.05, 3.63) is 54.1 Å². The number of fused-ring (bicyclic) bond motifs is 2. The standard InChI is InChI=1S/C21H20N4O5/c1-13(26)22-14-6-8-15(9-7-14)23-18(27)12-25-19(28)21(24-20(25)29)10-11-30-17-5-3-2-4-16(17)21/h2-9H,10-12H2,1H3,(H,22,26)(H,23,27)(H,24,29). The first-order valence-electron chi connectivity index (χ1n) is 9.43. The van der Waals surface area contributed by atoms with Gasteiger partial charge in [0.15, 0.2) is 5.54 Å². The van der Waals surface area contributed by atoms with Gasteiger partial charge in [-0.25, -0.2) is 4.79 Å². The molecule has 0 aromatic heterocycles. The zero-order valence-corrected chi connectivity index (χ0v) is 16.2. The lowest BCUT2D eigenvalue weighted by Crippen LogP contribution is -2.48. The van der Waals surface area contributed by atoms with E-state index in [1.54, 1.807) is 48.5 Å². The number of hydrogen-bond donors (Lipinski definition) is 3. The molecule has 2 aromatic rings. The minimum Gasteiger partial charge on any atom is -0.493 e. The Hall–Kier alpha value is -3.88. The maximum absolute atomic E-state index is 13.2. The van der Waals surface area contributed by atoms with Crippen LogP contribution < -0.4 is 20.7 Å². The van der Waals surface area contributed by atoms with Gasteiger partial charge in [-0.15, -0.1) is 0 Å². The number of ether oxygens (including phenoxy) is 1. The molecule has 4 rings (SSSR count). The summed E-state index contributed by atoms with van der Waals surface area (Å²) in [5, 5.41) is 8.04. The summed E-state index contributed by atoms with van der Waals surface area (Å²) >= 11 is 0. The van der Waals surface area contributed by atoms with Crippen molar-refractivity contribution < 1.29 is 23.9 Å². The first kappa shape index (κ1) is 19.4. The van der Waals surface area contributed by atoms with Crippen molar-refractivity contribution in [2.75, 3.05) is 23.8 Å². The maximum Gasteiger partial charge on any atom is 0.325 e. The summed E-state index contributed by atoms with van der Waals surface area (Å²) < 4.78 is 5.60. The Morgan fingerprint density at radius 2 is 1.73 bits per heavy atom. The molecule has 5 amide bonds. The molecule has 3 N–H and O–H groups in total.